The van der Waals surface area contributed by atoms with Crippen LogP contribution in [0.5, 0.6) is 5.75 Å². The highest BCUT2D eigenvalue weighted by atomic mass is 32.2. The lowest BCUT2D eigenvalue weighted by molar-refractivity contribution is 0.0746. The van der Waals surface area contributed by atoms with Crippen LogP contribution in [-0.2, 0) is 10.0 Å². The van der Waals surface area contributed by atoms with Gasteiger partial charge in [-0.1, -0.05) is 172 Å². The van der Waals surface area contributed by atoms with E-state index in [1.165, 1.54) is 121 Å². The number of anilines is 1. The number of phenols is 1. The van der Waals surface area contributed by atoms with Gasteiger partial charge in [0.2, 0.25) is 0 Å². The Bertz CT molecular complexity index is 1420. The zero-order valence-corrected chi connectivity index (χ0v) is 30.7. The predicted octanol–water partition coefficient (Wildman–Crippen LogP) is 11.6. The van der Waals surface area contributed by atoms with Gasteiger partial charge in [-0.05, 0) is 31.0 Å². The highest BCUT2D eigenvalue weighted by Gasteiger charge is 2.24. The van der Waals surface area contributed by atoms with Crippen LogP contribution >= 0.6 is 0 Å². The molecule has 0 aliphatic carbocycles. The fourth-order valence-electron chi connectivity index (χ4n) is 6.48. The maximum atomic E-state index is 14.2. The third kappa shape index (κ3) is 13.4. The first-order chi connectivity index (χ1) is 23.4. The minimum Gasteiger partial charge on any atom is -0.506 e. The molecule has 6 nitrogen and oxygen atoms in total. The number of hydrogen-bond donors (Lipinski definition) is 2. The van der Waals surface area contributed by atoms with E-state index in [-0.39, 0.29) is 27.8 Å². The number of benzene rings is 3. The van der Waals surface area contributed by atoms with Crippen LogP contribution in [0.25, 0.3) is 10.8 Å². The first-order valence-corrected chi connectivity index (χ1v) is 20.5. The molecule has 266 valence electrons. The summed E-state index contributed by atoms with van der Waals surface area (Å²) < 4.78 is 29.3. The number of carbonyl (C=O) groups is 1. The van der Waals surface area contributed by atoms with Crippen molar-refractivity contribution in [2.75, 3.05) is 17.8 Å². The van der Waals surface area contributed by atoms with Gasteiger partial charge in [-0.2, -0.15) is 0 Å². The number of sulfonamides is 1. The zero-order chi connectivity index (χ0) is 34.5. The standard InChI is InChI=1S/C41H62N2O4S/c1-3-5-7-9-11-13-15-17-19-26-32-43(33-27-20-18-16-14-12-10-8-6-4-2)41(45)38-34-39(36-30-24-25-31-37(36)40(38)44)42-48(46,47)35-28-22-21-23-29-35/h21-25,28-31,34,42,44H,3-20,26-27,32-33H2,1-2H3. The molecule has 0 spiro atoms. The molecule has 3 aromatic rings. The van der Waals surface area contributed by atoms with E-state index < -0.39 is 10.0 Å². The second-order valence-electron chi connectivity index (χ2n) is 13.4. The Morgan fingerprint density at radius 2 is 1.02 bits per heavy atom. The van der Waals surface area contributed by atoms with Crippen molar-refractivity contribution in [3.05, 3.63) is 66.2 Å². The number of amides is 1. The number of rotatable bonds is 26. The average molecular weight is 679 g/mol. The van der Waals surface area contributed by atoms with Crippen molar-refractivity contribution in [3.63, 3.8) is 0 Å². The first kappa shape index (κ1) is 39.4. The van der Waals surface area contributed by atoms with Crippen molar-refractivity contribution in [1.29, 1.82) is 0 Å². The van der Waals surface area contributed by atoms with E-state index in [9.17, 15) is 18.3 Å². The number of hydrogen-bond acceptors (Lipinski definition) is 4. The Morgan fingerprint density at radius 1 is 0.604 bits per heavy atom. The van der Waals surface area contributed by atoms with Gasteiger partial charge in [0.25, 0.3) is 15.9 Å². The van der Waals surface area contributed by atoms with Gasteiger partial charge in [0, 0.05) is 23.9 Å². The number of nitrogens with zero attached hydrogens (tertiary/aromatic N) is 1. The van der Waals surface area contributed by atoms with Gasteiger partial charge < -0.3 is 10.0 Å². The van der Waals surface area contributed by atoms with Crippen molar-refractivity contribution in [2.24, 2.45) is 0 Å². The van der Waals surface area contributed by atoms with Gasteiger partial charge in [0.1, 0.15) is 5.75 Å². The highest BCUT2D eigenvalue weighted by Crippen LogP contribution is 2.36. The molecule has 3 rings (SSSR count). The molecule has 0 bridgehead atoms. The maximum Gasteiger partial charge on any atom is 0.261 e. The molecule has 0 aliphatic heterocycles. The molecule has 0 fully saturated rings. The number of unbranched alkanes of at least 4 members (excludes halogenated alkanes) is 18. The summed E-state index contributed by atoms with van der Waals surface area (Å²) in [4.78, 5) is 16.2. The van der Waals surface area contributed by atoms with Gasteiger partial charge in [-0.25, -0.2) is 8.42 Å². The zero-order valence-electron chi connectivity index (χ0n) is 29.9. The minimum atomic E-state index is -3.90. The van der Waals surface area contributed by atoms with E-state index in [0.29, 0.717) is 23.9 Å². The molecule has 0 unspecified atom stereocenters. The molecule has 0 radical (unpaired) electrons. The van der Waals surface area contributed by atoms with Gasteiger partial charge in [-0.3, -0.25) is 9.52 Å². The van der Waals surface area contributed by atoms with Crippen LogP contribution in [0.3, 0.4) is 0 Å². The third-order valence-electron chi connectivity index (χ3n) is 9.39. The average Bonchev–Trinajstić information content (AvgIpc) is 3.10. The van der Waals surface area contributed by atoms with E-state index in [2.05, 4.69) is 18.6 Å². The van der Waals surface area contributed by atoms with E-state index >= 15 is 0 Å². The second-order valence-corrected chi connectivity index (χ2v) is 15.1. The van der Waals surface area contributed by atoms with Crippen molar-refractivity contribution < 1.29 is 18.3 Å². The van der Waals surface area contributed by atoms with Crippen molar-refractivity contribution in [3.8, 4) is 5.75 Å². The Morgan fingerprint density at radius 3 is 1.50 bits per heavy atom. The number of fused-ring (bicyclic) bond motifs is 1. The van der Waals surface area contributed by atoms with Gasteiger partial charge in [0.15, 0.2) is 0 Å². The van der Waals surface area contributed by atoms with Gasteiger partial charge >= 0.3 is 0 Å². The monoisotopic (exact) mass is 678 g/mol. The molecular weight excluding hydrogens is 617 g/mol. The topological polar surface area (TPSA) is 86.7 Å². The summed E-state index contributed by atoms with van der Waals surface area (Å²) in [6.45, 7) is 5.75. The van der Waals surface area contributed by atoms with Crippen LogP contribution in [0.2, 0.25) is 0 Å². The normalized spacial score (nSPS) is 11.6. The van der Waals surface area contributed by atoms with Gasteiger partial charge in [0.05, 0.1) is 16.1 Å². The number of nitrogens with one attached hydrogen (secondary N) is 1. The summed E-state index contributed by atoms with van der Waals surface area (Å²) >= 11 is 0. The van der Waals surface area contributed by atoms with Gasteiger partial charge in [-0.15, -0.1) is 0 Å². The van der Waals surface area contributed by atoms with Crippen LogP contribution < -0.4 is 4.72 Å². The molecule has 3 aromatic carbocycles. The lowest BCUT2D eigenvalue weighted by atomic mass is 10.0. The molecule has 2 N–H and O–H groups in total. The van der Waals surface area contributed by atoms with Crippen molar-refractivity contribution >= 4 is 32.4 Å². The molecular formula is C41H62N2O4S. The molecule has 0 saturated carbocycles. The first-order valence-electron chi connectivity index (χ1n) is 19.0. The minimum absolute atomic E-state index is 0.102. The van der Waals surface area contributed by atoms with Crippen molar-refractivity contribution in [1.82, 2.24) is 4.90 Å². The number of aromatic hydroxyl groups is 1. The SMILES string of the molecule is CCCCCCCCCCCCN(CCCCCCCCCCCC)C(=O)c1cc(NS(=O)(=O)c2ccccc2)c2ccccc2c1O. The largest absolute Gasteiger partial charge is 0.506 e. The summed E-state index contributed by atoms with van der Waals surface area (Å²) in [6.07, 6.45) is 24.5. The molecule has 0 aromatic heterocycles. The van der Waals surface area contributed by atoms with E-state index in [0.717, 1.165) is 25.7 Å². The fourth-order valence-corrected chi connectivity index (χ4v) is 7.57. The second kappa shape index (κ2) is 22.6. The molecule has 0 atom stereocenters. The lowest BCUT2D eigenvalue weighted by Gasteiger charge is -2.24. The molecule has 1 amide bonds. The quantitative estimate of drug-likeness (QED) is 0.0653. The Balaban J connectivity index is 1.69. The molecule has 0 aliphatic rings. The van der Waals surface area contributed by atoms with Crippen LogP contribution in [0.1, 0.15) is 153 Å². The summed E-state index contributed by atoms with van der Waals surface area (Å²) in [5.41, 5.74) is 0.423. The highest BCUT2D eigenvalue weighted by molar-refractivity contribution is 7.92. The van der Waals surface area contributed by atoms with Crippen LogP contribution in [0.4, 0.5) is 5.69 Å². The summed E-state index contributed by atoms with van der Waals surface area (Å²) in [7, 11) is -3.90. The molecule has 0 heterocycles. The fraction of sp³-hybridized carbons (Fsp3) is 0.585. The smallest absolute Gasteiger partial charge is 0.261 e. The van der Waals surface area contributed by atoms with Crippen LogP contribution in [0, 0.1) is 0 Å². The summed E-state index contributed by atoms with van der Waals surface area (Å²) in [6, 6.07) is 16.8. The third-order valence-corrected chi connectivity index (χ3v) is 10.8. The maximum absolute atomic E-state index is 14.2. The van der Waals surface area contributed by atoms with E-state index in [4.69, 9.17) is 0 Å². The summed E-state index contributed by atoms with van der Waals surface area (Å²) in [5.74, 6) is -0.348. The Kier molecular flexibility index (Phi) is 18.5. The van der Waals surface area contributed by atoms with E-state index in [1.807, 2.05) is 4.90 Å². The Labute approximate surface area is 291 Å². The van der Waals surface area contributed by atoms with Crippen molar-refractivity contribution in [2.45, 2.75) is 147 Å². The Hall–Kier alpha value is -3.06. The number of phenolic OH excluding ortho intramolecular Hbond substituents is 1. The lowest BCUT2D eigenvalue weighted by Crippen LogP contribution is -2.33. The molecule has 0 saturated heterocycles. The summed E-state index contributed by atoms with van der Waals surface area (Å²) in [5, 5.41) is 12.4. The van der Waals surface area contributed by atoms with E-state index in [1.54, 1.807) is 42.5 Å². The molecule has 48 heavy (non-hydrogen) atoms. The number of carbonyl (C=O) groups excluding carboxylic acids is 1. The predicted molar refractivity (Wildman–Crippen MR) is 202 cm³/mol. The van der Waals surface area contributed by atoms with Crippen LogP contribution in [0.15, 0.2) is 65.6 Å². The molecule has 7 heteroatoms. The van der Waals surface area contributed by atoms with Crippen LogP contribution in [-0.4, -0.2) is 37.4 Å².